The number of Topliss-reactive ketones (excluding diaryl/α,β-unsaturated/α-hetero) is 1. The third-order valence-electron chi connectivity index (χ3n) is 3.89. The average Bonchev–Trinajstić information content (AvgIpc) is 2.53. The van der Waals surface area contributed by atoms with Crippen molar-refractivity contribution in [3.63, 3.8) is 0 Å². The summed E-state index contributed by atoms with van der Waals surface area (Å²) in [5.74, 6) is 0.956. The van der Waals surface area contributed by atoms with Crippen LogP contribution in [-0.4, -0.2) is 22.0 Å². The molecule has 0 saturated carbocycles. The first-order chi connectivity index (χ1) is 11.5. The summed E-state index contributed by atoms with van der Waals surface area (Å²) in [4.78, 5) is 12.0. The fourth-order valence-electron chi connectivity index (χ4n) is 2.26. The van der Waals surface area contributed by atoms with Crippen molar-refractivity contribution in [3.8, 4) is 11.5 Å². The lowest BCUT2D eigenvalue weighted by Crippen LogP contribution is -2.32. The molecule has 0 aliphatic rings. The van der Waals surface area contributed by atoms with E-state index in [-0.39, 0.29) is 5.78 Å². The smallest absolute Gasteiger partial charge is 0.193 e. The molecule has 0 atom stereocenters. The third kappa shape index (κ3) is 4.78. The number of hydrogen-bond acceptors (Lipinski definition) is 4. The summed E-state index contributed by atoms with van der Waals surface area (Å²) in [6.45, 7) is 10.8. The van der Waals surface area contributed by atoms with Gasteiger partial charge >= 0.3 is 0 Å². The minimum absolute atomic E-state index is 0.327. The van der Waals surface area contributed by atoms with Crippen LogP contribution in [-0.2, 0) is 0 Å². The van der Waals surface area contributed by atoms with E-state index in [4.69, 9.17) is 10.5 Å². The molecule has 2 rings (SSSR count). The molecule has 2 aromatic carbocycles. The largest absolute Gasteiger partial charge is 0.457 e. The first-order valence-electron chi connectivity index (χ1n) is 8.12. The molecular weight excluding hydrogens is 314 g/mol. The Morgan fingerprint density at radius 2 is 1.32 bits per heavy atom. The predicted octanol–water partition coefficient (Wildman–Crippen LogP) is 4.18. The normalized spacial score (nSPS) is 11.9. The van der Waals surface area contributed by atoms with E-state index in [9.17, 15) is 9.90 Å². The zero-order chi connectivity index (χ0) is 18.8. The van der Waals surface area contributed by atoms with Crippen LogP contribution >= 0.6 is 0 Å². The minimum Gasteiger partial charge on any atom is -0.457 e. The Bertz CT molecular complexity index is 693. The van der Waals surface area contributed by atoms with Gasteiger partial charge in [-0.05, 0) is 75.2 Å². The SMILES string of the molecule is C=C(c1ccc(Oc2ccc(C(=O)C(C)(C)O)cc2)cc1)C(C)(C)N. The van der Waals surface area contributed by atoms with Gasteiger partial charge in [0, 0.05) is 11.1 Å². The van der Waals surface area contributed by atoms with Gasteiger partial charge in [-0.1, -0.05) is 18.7 Å². The third-order valence-corrected chi connectivity index (χ3v) is 3.89. The fraction of sp³-hybridized carbons (Fsp3) is 0.286. The topological polar surface area (TPSA) is 72.5 Å². The number of aliphatic hydroxyl groups is 1. The summed E-state index contributed by atoms with van der Waals surface area (Å²) in [6, 6.07) is 14.2. The Hall–Kier alpha value is -2.43. The first kappa shape index (κ1) is 18.9. The van der Waals surface area contributed by atoms with Crippen molar-refractivity contribution in [2.75, 3.05) is 0 Å². The second kappa shape index (κ2) is 6.82. The molecule has 0 saturated heterocycles. The molecule has 0 fully saturated rings. The summed E-state index contributed by atoms with van der Waals surface area (Å²) in [5.41, 5.74) is 6.45. The molecule has 0 unspecified atom stereocenters. The van der Waals surface area contributed by atoms with Crippen molar-refractivity contribution in [2.24, 2.45) is 5.73 Å². The van der Waals surface area contributed by atoms with E-state index in [0.717, 1.165) is 11.1 Å². The average molecular weight is 339 g/mol. The van der Waals surface area contributed by atoms with Crippen LogP contribution in [0.15, 0.2) is 55.1 Å². The Kier molecular flexibility index (Phi) is 5.16. The van der Waals surface area contributed by atoms with Gasteiger partial charge < -0.3 is 15.6 Å². The van der Waals surface area contributed by atoms with Crippen molar-refractivity contribution in [2.45, 2.75) is 38.8 Å². The zero-order valence-electron chi connectivity index (χ0n) is 15.2. The molecule has 2 aromatic rings. The van der Waals surface area contributed by atoms with Gasteiger partial charge in [-0.2, -0.15) is 0 Å². The lowest BCUT2D eigenvalue weighted by atomic mass is 9.91. The van der Waals surface area contributed by atoms with Crippen LogP contribution in [0.5, 0.6) is 11.5 Å². The second-order valence-electron chi connectivity index (χ2n) is 7.24. The van der Waals surface area contributed by atoms with Crippen LogP contribution < -0.4 is 10.5 Å². The standard InChI is InChI=1S/C21H25NO3/c1-14(20(2,3)22)15-6-10-17(11-7-15)25-18-12-8-16(9-13-18)19(23)21(4,5)24/h6-13,24H,1,22H2,2-5H3. The van der Waals surface area contributed by atoms with Crippen LogP contribution in [0.2, 0.25) is 0 Å². The van der Waals surface area contributed by atoms with Gasteiger partial charge in [0.15, 0.2) is 5.78 Å². The Labute approximate surface area is 148 Å². The zero-order valence-corrected chi connectivity index (χ0v) is 15.2. The number of rotatable bonds is 6. The number of hydrogen-bond donors (Lipinski definition) is 2. The molecule has 132 valence electrons. The van der Waals surface area contributed by atoms with E-state index in [1.165, 1.54) is 13.8 Å². The number of ether oxygens (including phenoxy) is 1. The molecule has 0 bridgehead atoms. The van der Waals surface area contributed by atoms with Crippen LogP contribution in [0, 0.1) is 0 Å². The van der Waals surface area contributed by atoms with Crippen molar-refractivity contribution >= 4 is 11.4 Å². The van der Waals surface area contributed by atoms with E-state index >= 15 is 0 Å². The van der Waals surface area contributed by atoms with Crippen LogP contribution in [0.4, 0.5) is 0 Å². The fourth-order valence-corrected chi connectivity index (χ4v) is 2.26. The molecule has 0 heterocycles. The number of carbonyl (C=O) groups excluding carboxylic acids is 1. The molecule has 25 heavy (non-hydrogen) atoms. The van der Waals surface area contributed by atoms with Crippen LogP contribution in [0.25, 0.3) is 5.57 Å². The van der Waals surface area contributed by atoms with Gasteiger partial charge in [0.25, 0.3) is 0 Å². The summed E-state index contributed by atoms with van der Waals surface area (Å²) in [5, 5.41) is 9.78. The van der Waals surface area contributed by atoms with Crippen molar-refractivity contribution < 1.29 is 14.6 Å². The highest BCUT2D eigenvalue weighted by Gasteiger charge is 2.25. The van der Waals surface area contributed by atoms with Crippen molar-refractivity contribution in [1.29, 1.82) is 0 Å². The molecule has 4 nitrogen and oxygen atoms in total. The quantitative estimate of drug-likeness (QED) is 0.774. The van der Waals surface area contributed by atoms with E-state index < -0.39 is 11.1 Å². The molecule has 0 aliphatic heterocycles. The van der Waals surface area contributed by atoms with Gasteiger partial charge in [0.1, 0.15) is 17.1 Å². The molecule has 3 N–H and O–H groups in total. The van der Waals surface area contributed by atoms with Gasteiger partial charge in [-0.25, -0.2) is 0 Å². The van der Waals surface area contributed by atoms with E-state index in [1.807, 2.05) is 38.1 Å². The lowest BCUT2D eigenvalue weighted by molar-refractivity contribution is 0.0488. The minimum atomic E-state index is -1.39. The maximum absolute atomic E-state index is 12.0. The molecule has 0 aromatic heterocycles. The van der Waals surface area contributed by atoms with Gasteiger partial charge in [0.05, 0.1) is 0 Å². The number of benzene rings is 2. The highest BCUT2D eigenvalue weighted by molar-refractivity contribution is 6.01. The van der Waals surface area contributed by atoms with Crippen LogP contribution in [0.1, 0.15) is 43.6 Å². The van der Waals surface area contributed by atoms with Crippen molar-refractivity contribution in [1.82, 2.24) is 0 Å². The maximum atomic E-state index is 12.0. The van der Waals surface area contributed by atoms with Gasteiger partial charge in [-0.3, -0.25) is 4.79 Å². The Balaban J connectivity index is 2.10. The molecule has 0 radical (unpaired) electrons. The Morgan fingerprint density at radius 1 is 0.920 bits per heavy atom. The summed E-state index contributed by atoms with van der Waals surface area (Å²) in [6.07, 6.45) is 0. The second-order valence-corrected chi connectivity index (χ2v) is 7.24. The highest BCUT2D eigenvalue weighted by atomic mass is 16.5. The molecule has 4 heteroatoms. The summed E-state index contributed by atoms with van der Waals surface area (Å²) in [7, 11) is 0. The van der Waals surface area contributed by atoms with Crippen LogP contribution in [0.3, 0.4) is 0 Å². The summed E-state index contributed by atoms with van der Waals surface area (Å²) >= 11 is 0. The Morgan fingerprint density at radius 3 is 1.68 bits per heavy atom. The predicted molar refractivity (Wildman–Crippen MR) is 101 cm³/mol. The van der Waals surface area contributed by atoms with Gasteiger partial charge in [-0.15, -0.1) is 0 Å². The van der Waals surface area contributed by atoms with Crippen molar-refractivity contribution in [3.05, 3.63) is 66.2 Å². The highest BCUT2D eigenvalue weighted by Crippen LogP contribution is 2.27. The van der Waals surface area contributed by atoms with Gasteiger partial charge in [0.2, 0.25) is 0 Å². The lowest BCUT2D eigenvalue weighted by Gasteiger charge is -2.22. The van der Waals surface area contributed by atoms with E-state index in [0.29, 0.717) is 17.1 Å². The summed E-state index contributed by atoms with van der Waals surface area (Å²) < 4.78 is 5.78. The molecule has 0 amide bonds. The first-order valence-corrected chi connectivity index (χ1v) is 8.12. The number of carbonyl (C=O) groups is 1. The maximum Gasteiger partial charge on any atom is 0.193 e. The number of ketones is 1. The van der Waals surface area contributed by atoms with E-state index in [1.54, 1.807) is 24.3 Å². The van der Waals surface area contributed by atoms with E-state index in [2.05, 4.69) is 6.58 Å². The molecule has 0 spiro atoms. The number of nitrogens with two attached hydrogens (primary N) is 1. The molecular formula is C21H25NO3. The monoisotopic (exact) mass is 339 g/mol. The molecule has 0 aliphatic carbocycles.